The molecule has 10 heavy (non-hydrogen) atoms. The maximum atomic E-state index is 9.27. The average Bonchev–Trinajstić information content (AvgIpc) is 1.80. The van der Waals surface area contributed by atoms with Gasteiger partial charge in [0.1, 0.15) is 0 Å². The molecule has 3 nitrogen and oxygen atoms in total. The van der Waals surface area contributed by atoms with Crippen LogP contribution < -0.4 is 5.73 Å². The SMILES string of the molecule is CCOCC(O)C(C)(C)N. The topological polar surface area (TPSA) is 55.5 Å². The number of hydrogen-bond acceptors (Lipinski definition) is 3. The molecule has 0 saturated heterocycles. The Labute approximate surface area is 62.2 Å². The number of ether oxygens (including phenoxy) is 1. The van der Waals surface area contributed by atoms with Crippen LogP contribution in [0.15, 0.2) is 0 Å². The normalized spacial score (nSPS) is 15.3. The molecule has 1 unspecified atom stereocenters. The molecule has 0 rings (SSSR count). The van der Waals surface area contributed by atoms with Crippen LogP contribution in [0.5, 0.6) is 0 Å². The zero-order valence-corrected chi connectivity index (χ0v) is 6.92. The van der Waals surface area contributed by atoms with E-state index in [0.717, 1.165) is 0 Å². The minimum Gasteiger partial charge on any atom is -0.389 e. The second-order valence-corrected chi connectivity index (χ2v) is 3.00. The van der Waals surface area contributed by atoms with Crippen molar-refractivity contribution in [2.75, 3.05) is 13.2 Å². The van der Waals surface area contributed by atoms with Crippen LogP contribution in [0.25, 0.3) is 0 Å². The largest absolute Gasteiger partial charge is 0.389 e. The van der Waals surface area contributed by atoms with Gasteiger partial charge < -0.3 is 15.6 Å². The summed E-state index contributed by atoms with van der Waals surface area (Å²) in [7, 11) is 0. The van der Waals surface area contributed by atoms with Gasteiger partial charge in [-0.3, -0.25) is 0 Å². The monoisotopic (exact) mass is 147 g/mol. The number of nitrogens with two attached hydrogens (primary N) is 1. The zero-order chi connectivity index (χ0) is 8.20. The summed E-state index contributed by atoms with van der Waals surface area (Å²) in [6.07, 6.45) is -0.576. The summed E-state index contributed by atoms with van der Waals surface area (Å²) in [6, 6.07) is 0. The van der Waals surface area contributed by atoms with Crippen LogP contribution in [0, 0.1) is 0 Å². The Bertz CT molecular complexity index is 88.1. The standard InChI is InChI=1S/C7H17NO2/c1-4-10-5-6(9)7(2,3)8/h6,9H,4-5,8H2,1-3H3. The molecule has 0 saturated carbocycles. The molecular weight excluding hydrogens is 130 g/mol. The number of aliphatic hydroxyl groups is 1. The summed E-state index contributed by atoms with van der Waals surface area (Å²) < 4.78 is 4.99. The molecule has 0 fully saturated rings. The first-order valence-corrected chi connectivity index (χ1v) is 3.53. The van der Waals surface area contributed by atoms with Crippen LogP contribution in [0.3, 0.4) is 0 Å². The Morgan fingerprint density at radius 3 is 2.40 bits per heavy atom. The van der Waals surface area contributed by atoms with Crippen LogP contribution in [-0.2, 0) is 4.74 Å². The predicted octanol–water partition coefficient (Wildman–Crippen LogP) is 0.121. The fourth-order valence-electron chi connectivity index (χ4n) is 0.444. The minimum absolute atomic E-state index is 0.319. The van der Waals surface area contributed by atoms with E-state index in [2.05, 4.69) is 0 Å². The predicted molar refractivity (Wildman–Crippen MR) is 40.8 cm³/mol. The molecule has 1 atom stereocenters. The summed E-state index contributed by atoms with van der Waals surface area (Å²) in [5.41, 5.74) is 5.03. The Balaban J connectivity index is 3.52. The lowest BCUT2D eigenvalue weighted by Gasteiger charge is -2.25. The van der Waals surface area contributed by atoms with Crippen LogP contribution in [0.1, 0.15) is 20.8 Å². The van der Waals surface area contributed by atoms with Gasteiger partial charge in [0.05, 0.1) is 12.7 Å². The lowest BCUT2D eigenvalue weighted by Crippen LogP contribution is -2.47. The van der Waals surface area contributed by atoms with E-state index >= 15 is 0 Å². The average molecular weight is 147 g/mol. The third-order valence-corrected chi connectivity index (χ3v) is 1.34. The highest BCUT2D eigenvalue weighted by atomic mass is 16.5. The van der Waals surface area contributed by atoms with Gasteiger partial charge in [-0.1, -0.05) is 0 Å². The quantitative estimate of drug-likeness (QED) is 0.594. The summed E-state index contributed by atoms with van der Waals surface area (Å²) in [5.74, 6) is 0. The lowest BCUT2D eigenvalue weighted by atomic mass is 10.00. The van der Waals surface area contributed by atoms with Crippen LogP contribution in [-0.4, -0.2) is 30.0 Å². The van der Waals surface area contributed by atoms with Crippen molar-refractivity contribution in [3.8, 4) is 0 Å². The molecule has 0 heterocycles. The Kier molecular flexibility index (Phi) is 3.86. The van der Waals surface area contributed by atoms with E-state index < -0.39 is 11.6 Å². The molecule has 3 heteroatoms. The minimum atomic E-state index is -0.576. The molecule has 0 aliphatic heterocycles. The fourth-order valence-corrected chi connectivity index (χ4v) is 0.444. The van der Waals surface area contributed by atoms with Gasteiger partial charge in [0.15, 0.2) is 0 Å². The van der Waals surface area contributed by atoms with E-state index in [0.29, 0.717) is 13.2 Å². The second kappa shape index (κ2) is 3.91. The van der Waals surface area contributed by atoms with Crippen molar-refractivity contribution < 1.29 is 9.84 Å². The Morgan fingerprint density at radius 1 is 1.60 bits per heavy atom. The van der Waals surface area contributed by atoms with Gasteiger partial charge in [0.25, 0.3) is 0 Å². The molecule has 0 aromatic heterocycles. The molecule has 0 aliphatic rings. The first-order valence-electron chi connectivity index (χ1n) is 3.53. The van der Waals surface area contributed by atoms with E-state index in [4.69, 9.17) is 10.5 Å². The molecule has 62 valence electrons. The maximum absolute atomic E-state index is 9.27. The molecule has 3 N–H and O–H groups in total. The smallest absolute Gasteiger partial charge is 0.0947 e. The van der Waals surface area contributed by atoms with Crippen molar-refractivity contribution in [2.45, 2.75) is 32.4 Å². The van der Waals surface area contributed by atoms with Gasteiger partial charge in [-0.15, -0.1) is 0 Å². The van der Waals surface area contributed by atoms with Crippen LogP contribution in [0.4, 0.5) is 0 Å². The van der Waals surface area contributed by atoms with Gasteiger partial charge in [0.2, 0.25) is 0 Å². The highest BCUT2D eigenvalue weighted by Crippen LogP contribution is 2.04. The molecular formula is C7H17NO2. The molecule has 0 radical (unpaired) electrons. The van der Waals surface area contributed by atoms with Gasteiger partial charge >= 0.3 is 0 Å². The third-order valence-electron chi connectivity index (χ3n) is 1.34. The second-order valence-electron chi connectivity index (χ2n) is 3.00. The third kappa shape index (κ3) is 3.82. The van der Waals surface area contributed by atoms with Crippen molar-refractivity contribution in [3.05, 3.63) is 0 Å². The van der Waals surface area contributed by atoms with Crippen LogP contribution >= 0.6 is 0 Å². The van der Waals surface area contributed by atoms with E-state index in [-0.39, 0.29) is 0 Å². The summed E-state index contributed by atoms with van der Waals surface area (Å²) >= 11 is 0. The molecule has 0 aromatic carbocycles. The first kappa shape index (κ1) is 9.88. The number of rotatable bonds is 4. The summed E-state index contributed by atoms with van der Waals surface area (Å²) in [4.78, 5) is 0. The van der Waals surface area contributed by atoms with Gasteiger partial charge in [0, 0.05) is 12.1 Å². The summed E-state index contributed by atoms with van der Waals surface area (Å²) in [6.45, 7) is 6.37. The van der Waals surface area contributed by atoms with Crippen molar-refractivity contribution >= 4 is 0 Å². The van der Waals surface area contributed by atoms with Crippen molar-refractivity contribution in [1.82, 2.24) is 0 Å². The van der Waals surface area contributed by atoms with E-state index in [1.54, 1.807) is 13.8 Å². The molecule has 0 amide bonds. The fraction of sp³-hybridized carbons (Fsp3) is 1.00. The van der Waals surface area contributed by atoms with Gasteiger partial charge in [-0.2, -0.15) is 0 Å². The number of aliphatic hydroxyl groups excluding tert-OH is 1. The van der Waals surface area contributed by atoms with Crippen molar-refractivity contribution in [3.63, 3.8) is 0 Å². The van der Waals surface area contributed by atoms with Crippen LogP contribution in [0.2, 0.25) is 0 Å². The summed E-state index contributed by atoms with van der Waals surface area (Å²) in [5, 5.41) is 9.27. The first-order chi connectivity index (χ1) is 4.48. The maximum Gasteiger partial charge on any atom is 0.0947 e. The van der Waals surface area contributed by atoms with E-state index in [9.17, 15) is 5.11 Å². The highest BCUT2D eigenvalue weighted by Gasteiger charge is 2.22. The van der Waals surface area contributed by atoms with E-state index in [1.807, 2.05) is 6.92 Å². The van der Waals surface area contributed by atoms with Crippen molar-refractivity contribution in [2.24, 2.45) is 5.73 Å². The Morgan fingerprint density at radius 2 is 2.10 bits per heavy atom. The number of hydrogen-bond donors (Lipinski definition) is 2. The van der Waals surface area contributed by atoms with Crippen molar-refractivity contribution in [1.29, 1.82) is 0 Å². The van der Waals surface area contributed by atoms with Gasteiger partial charge in [-0.25, -0.2) is 0 Å². The molecule has 0 bridgehead atoms. The molecule has 0 aliphatic carbocycles. The molecule has 0 spiro atoms. The lowest BCUT2D eigenvalue weighted by molar-refractivity contribution is 0.00746. The van der Waals surface area contributed by atoms with E-state index in [1.165, 1.54) is 0 Å². The van der Waals surface area contributed by atoms with Gasteiger partial charge in [-0.05, 0) is 20.8 Å². The highest BCUT2D eigenvalue weighted by molar-refractivity contribution is 4.80. The zero-order valence-electron chi connectivity index (χ0n) is 6.92. The molecule has 0 aromatic rings. The Hall–Kier alpha value is -0.120.